The molecule has 7 nitrogen and oxygen atoms in total. The van der Waals surface area contributed by atoms with Crippen molar-refractivity contribution in [1.29, 1.82) is 0 Å². The van der Waals surface area contributed by atoms with Crippen molar-refractivity contribution < 1.29 is 28.5 Å². The van der Waals surface area contributed by atoms with E-state index < -0.39 is 11.9 Å². The van der Waals surface area contributed by atoms with Gasteiger partial charge in [-0.25, -0.2) is 4.79 Å². The van der Waals surface area contributed by atoms with Gasteiger partial charge in [0.25, 0.3) is 0 Å². The smallest absolute Gasteiger partial charge is 0.336 e. The zero-order valence-corrected chi connectivity index (χ0v) is 18.7. The van der Waals surface area contributed by atoms with E-state index in [2.05, 4.69) is 5.32 Å². The molecule has 1 N–H and O–H groups in total. The van der Waals surface area contributed by atoms with Crippen LogP contribution in [-0.4, -0.2) is 45.8 Å². The van der Waals surface area contributed by atoms with E-state index >= 15 is 0 Å². The summed E-state index contributed by atoms with van der Waals surface area (Å²) in [6.45, 7) is 4.98. The Labute approximate surface area is 183 Å². The van der Waals surface area contributed by atoms with Crippen molar-refractivity contribution in [3.63, 3.8) is 0 Å². The SMILES string of the molecule is CCCOCCOC(=O)C1=C(C)NC2=C(C(=O)CCC2)[C@H]1c1ccc(OC)cc1OC. The van der Waals surface area contributed by atoms with Crippen LogP contribution in [0, 0.1) is 0 Å². The van der Waals surface area contributed by atoms with Crippen molar-refractivity contribution in [1.82, 2.24) is 5.32 Å². The fourth-order valence-electron chi connectivity index (χ4n) is 4.14. The number of allylic oxidation sites excluding steroid dienone is 3. The van der Waals surface area contributed by atoms with Crippen LogP contribution >= 0.6 is 0 Å². The lowest BCUT2D eigenvalue weighted by Gasteiger charge is -2.34. The van der Waals surface area contributed by atoms with Gasteiger partial charge in [-0.2, -0.15) is 0 Å². The van der Waals surface area contributed by atoms with E-state index in [1.165, 1.54) is 0 Å². The summed E-state index contributed by atoms with van der Waals surface area (Å²) < 4.78 is 21.9. The van der Waals surface area contributed by atoms with Crippen LogP contribution in [0.2, 0.25) is 0 Å². The fourth-order valence-corrected chi connectivity index (χ4v) is 4.14. The minimum absolute atomic E-state index is 0.0423. The van der Waals surface area contributed by atoms with Crippen molar-refractivity contribution in [2.75, 3.05) is 34.0 Å². The molecular weight excluding hydrogens is 398 g/mol. The first kappa shape index (κ1) is 22.9. The van der Waals surface area contributed by atoms with Crippen LogP contribution in [0.25, 0.3) is 0 Å². The van der Waals surface area contributed by atoms with Gasteiger partial charge in [0.2, 0.25) is 0 Å². The maximum atomic E-state index is 13.2. The van der Waals surface area contributed by atoms with Gasteiger partial charge >= 0.3 is 5.97 Å². The molecule has 0 saturated carbocycles. The number of nitrogens with one attached hydrogen (secondary N) is 1. The van der Waals surface area contributed by atoms with Crippen LogP contribution in [0.5, 0.6) is 11.5 Å². The summed E-state index contributed by atoms with van der Waals surface area (Å²) >= 11 is 0. The molecule has 1 aromatic rings. The minimum atomic E-state index is -0.561. The highest BCUT2D eigenvalue weighted by Crippen LogP contribution is 2.45. The van der Waals surface area contributed by atoms with Crippen molar-refractivity contribution >= 4 is 11.8 Å². The molecule has 1 heterocycles. The number of esters is 1. The summed E-state index contributed by atoms with van der Waals surface area (Å²) in [5, 5.41) is 3.29. The number of carbonyl (C=O) groups is 2. The number of methoxy groups -OCH3 is 2. The van der Waals surface area contributed by atoms with E-state index in [0.717, 1.165) is 30.5 Å². The number of dihydropyridines is 1. The Balaban J connectivity index is 2.00. The lowest BCUT2D eigenvalue weighted by molar-refractivity contribution is -0.141. The lowest BCUT2D eigenvalue weighted by Crippen LogP contribution is -2.34. The third-order valence-electron chi connectivity index (χ3n) is 5.56. The topological polar surface area (TPSA) is 83.1 Å². The summed E-state index contributed by atoms with van der Waals surface area (Å²) in [6, 6.07) is 5.43. The third kappa shape index (κ3) is 4.93. The van der Waals surface area contributed by atoms with E-state index in [0.29, 0.717) is 48.0 Å². The van der Waals surface area contributed by atoms with Crippen LogP contribution in [0.1, 0.15) is 51.0 Å². The minimum Gasteiger partial charge on any atom is -0.497 e. The van der Waals surface area contributed by atoms with E-state index in [1.54, 1.807) is 20.3 Å². The van der Waals surface area contributed by atoms with Crippen molar-refractivity contribution in [3.05, 3.63) is 46.3 Å². The molecule has 168 valence electrons. The molecule has 1 aliphatic carbocycles. The molecule has 31 heavy (non-hydrogen) atoms. The molecule has 1 atom stereocenters. The van der Waals surface area contributed by atoms with Crippen LogP contribution in [0.4, 0.5) is 0 Å². The molecule has 0 bridgehead atoms. The molecule has 0 fully saturated rings. The monoisotopic (exact) mass is 429 g/mol. The highest BCUT2D eigenvalue weighted by molar-refractivity contribution is 6.04. The number of carbonyl (C=O) groups excluding carboxylic acids is 2. The van der Waals surface area contributed by atoms with Crippen LogP contribution in [0.15, 0.2) is 40.7 Å². The van der Waals surface area contributed by atoms with Crippen molar-refractivity contribution in [3.8, 4) is 11.5 Å². The Morgan fingerprint density at radius 1 is 1.13 bits per heavy atom. The van der Waals surface area contributed by atoms with Gasteiger partial charge in [-0.05, 0) is 32.3 Å². The second-order valence-electron chi connectivity index (χ2n) is 7.62. The number of ether oxygens (including phenoxy) is 4. The van der Waals surface area contributed by atoms with Gasteiger partial charge in [-0.15, -0.1) is 0 Å². The predicted molar refractivity (Wildman–Crippen MR) is 116 cm³/mol. The zero-order chi connectivity index (χ0) is 22.4. The maximum absolute atomic E-state index is 13.2. The second-order valence-corrected chi connectivity index (χ2v) is 7.62. The zero-order valence-electron chi connectivity index (χ0n) is 18.7. The number of hydrogen-bond donors (Lipinski definition) is 1. The predicted octanol–water partition coefficient (Wildman–Crippen LogP) is 3.64. The maximum Gasteiger partial charge on any atom is 0.336 e. The van der Waals surface area contributed by atoms with E-state index in [4.69, 9.17) is 18.9 Å². The largest absolute Gasteiger partial charge is 0.497 e. The van der Waals surface area contributed by atoms with E-state index in [1.807, 2.05) is 26.0 Å². The molecular formula is C24H31NO6. The average Bonchev–Trinajstić information content (AvgIpc) is 2.77. The average molecular weight is 430 g/mol. The standard InChI is InChI=1S/C24H31NO6/c1-5-11-30-12-13-31-24(27)21-15(2)25-18-7-6-8-19(26)23(18)22(21)17-10-9-16(28-3)14-20(17)29-4/h9-10,14,22,25H,5-8,11-13H2,1-4H3/t22-/m0/s1. The Morgan fingerprint density at radius 2 is 1.94 bits per heavy atom. The lowest BCUT2D eigenvalue weighted by atomic mass is 9.75. The van der Waals surface area contributed by atoms with Crippen LogP contribution in [-0.2, 0) is 19.1 Å². The first-order valence-electron chi connectivity index (χ1n) is 10.7. The molecule has 0 spiro atoms. The quantitative estimate of drug-likeness (QED) is 0.474. The summed E-state index contributed by atoms with van der Waals surface area (Å²) in [4.78, 5) is 26.1. The van der Waals surface area contributed by atoms with Gasteiger partial charge in [0, 0.05) is 41.6 Å². The van der Waals surface area contributed by atoms with Crippen molar-refractivity contribution in [2.24, 2.45) is 0 Å². The summed E-state index contributed by atoms with van der Waals surface area (Å²) in [5.41, 5.74) is 3.35. The third-order valence-corrected chi connectivity index (χ3v) is 5.56. The van der Waals surface area contributed by atoms with E-state index in [9.17, 15) is 9.59 Å². The first-order chi connectivity index (χ1) is 15.0. The van der Waals surface area contributed by atoms with Gasteiger partial charge in [0.15, 0.2) is 5.78 Å². The van der Waals surface area contributed by atoms with Crippen molar-refractivity contribution in [2.45, 2.75) is 45.4 Å². The highest BCUT2D eigenvalue weighted by atomic mass is 16.6. The molecule has 2 aliphatic rings. The van der Waals surface area contributed by atoms with Gasteiger partial charge in [0.05, 0.1) is 32.3 Å². The fraction of sp³-hybridized carbons (Fsp3) is 0.500. The van der Waals surface area contributed by atoms with Gasteiger partial charge in [-0.1, -0.05) is 13.0 Å². The number of hydrogen-bond acceptors (Lipinski definition) is 7. The molecule has 1 aromatic carbocycles. The van der Waals surface area contributed by atoms with Gasteiger partial charge in [-0.3, -0.25) is 4.79 Å². The normalized spacial score (nSPS) is 18.5. The number of ketones is 1. The second kappa shape index (κ2) is 10.5. The van der Waals surface area contributed by atoms with Gasteiger partial charge < -0.3 is 24.3 Å². The number of benzene rings is 1. The summed E-state index contributed by atoms with van der Waals surface area (Å²) in [7, 11) is 3.15. The molecule has 0 unspecified atom stereocenters. The summed E-state index contributed by atoms with van der Waals surface area (Å²) in [6.07, 6.45) is 2.92. The Kier molecular flexibility index (Phi) is 7.74. The molecule has 0 aromatic heterocycles. The summed E-state index contributed by atoms with van der Waals surface area (Å²) in [5.74, 6) is 0.213. The Bertz CT molecular complexity index is 901. The van der Waals surface area contributed by atoms with Gasteiger partial charge in [0.1, 0.15) is 18.1 Å². The van der Waals surface area contributed by atoms with E-state index in [-0.39, 0.29) is 12.4 Å². The van der Waals surface area contributed by atoms with Crippen LogP contribution < -0.4 is 14.8 Å². The first-order valence-corrected chi connectivity index (χ1v) is 10.7. The molecule has 1 aliphatic heterocycles. The number of Topliss-reactive ketones (excluding diaryl/α,β-unsaturated/α-hetero) is 1. The highest BCUT2D eigenvalue weighted by Gasteiger charge is 2.40. The molecule has 7 heteroatoms. The molecule has 0 radical (unpaired) electrons. The molecule has 0 saturated heterocycles. The Morgan fingerprint density at radius 3 is 2.65 bits per heavy atom. The van der Waals surface area contributed by atoms with Crippen LogP contribution in [0.3, 0.4) is 0 Å². The Hall–Kier alpha value is -2.80. The molecule has 3 rings (SSSR count). The molecule has 0 amide bonds. The number of rotatable bonds is 9.